The van der Waals surface area contributed by atoms with E-state index >= 15 is 0 Å². The van der Waals surface area contributed by atoms with E-state index in [0.29, 0.717) is 0 Å². The van der Waals surface area contributed by atoms with Gasteiger partial charge < -0.3 is 4.90 Å². The molecule has 1 atom stereocenters. The van der Waals surface area contributed by atoms with Gasteiger partial charge in [0.25, 0.3) is 0 Å². The van der Waals surface area contributed by atoms with Crippen LogP contribution in [0, 0.1) is 5.92 Å². The number of benzene rings is 1. The van der Waals surface area contributed by atoms with Crippen molar-refractivity contribution in [3.63, 3.8) is 0 Å². The van der Waals surface area contributed by atoms with E-state index in [1.54, 1.807) is 0 Å². The molecule has 18 heavy (non-hydrogen) atoms. The molecule has 0 spiro atoms. The average molecular weight is 241 g/mol. The van der Waals surface area contributed by atoms with Crippen LogP contribution in [0.15, 0.2) is 55.1 Å². The van der Waals surface area contributed by atoms with Crippen molar-refractivity contribution in [2.45, 2.75) is 19.3 Å². The predicted octanol–water partition coefficient (Wildman–Crippen LogP) is 3.68. The Labute approximate surface area is 111 Å². The second-order valence-corrected chi connectivity index (χ2v) is 5.10. The van der Waals surface area contributed by atoms with E-state index in [4.69, 9.17) is 0 Å². The van der Waals surface area contributed by atoms with Crippen molar-refractivity contribution in [1.29, 1.82) is 0 Å². The molecule has 1 aromatic carbocycles. The minimum Gasteiger partial charge on any atom is -0.303 e. The van der Waals surface area contributed by atoms with Crippen molar-refractivity contribution in [3.05, 3.63) is 60.7 Å². The van der Waals surface area contributed by atoms with Crippen LogP contribution in [0.3, 0.4) is 0 Å². The minimum absolute atomic E-state index is 0.843. The molecule has 1 unspecified atom stereocenters. The molecule has 1 fully saturated rings. The Morgan fingerprint density at radius 3 is 2.89 bits per heavy atom. The van der Waals surface area contributed by atoms with Gasteiger partial charge in [0.1, 0.15) is 0 Å². The summed E-state index contributed by atoms with van der Waals surface area (Å²) >= 11 is 0. The Hall–Kier alpha value is -1.34. The lowest BCUT2D eigenvalue weighted by atomic mass is 9.99. The summed E-state index contributed by atoms with van der Waals surface area (Å²) in [5.41, 5.74) is 1.48. The lowest BCUT2D eigenvalue weighted by Gasteiger charge is -2.14. The molecule has 1 heteroatoms. The Morgan fingerprint density at radius 1 is 1.28 bits per heavy atom. The topological polar surface area (TPSA) is 3.24 Å². The first kappa shape index (κ1) is 13.1. The SMILES string of the molecule is C=C/C=C/CCN1CCC(Cc2ccccc2)C1. The number of nitrogens with zero attached hydrogens (tertiary/aromatic N) is 1. The van der Waals surface area contributed by atoms with Gasteiger partial charge in [-0.2, -0.15) is 0 Å². The molecule has 1 heterocycles. The van der Waals surface area contributed by atoms with Crippen LogP contribution in [0.5, 0.6) is 0 Å². The zero-order valence-electron chi connectivity index (χ0n) is 11.1. The van der Waals surface area contributed by atoms with Gasteiger partial charge in [-0.25, -0.2) is 0 Å². The van der Waals surface area contributed by atoms with E-state index in [-0.39, 0.29) is 0 Å². The first-order valence-corrected chi connectivity index (χ1v) is 6.92. The monoisotopic (exact) mass is 241 g/mol. The molecule has 1 nitrogen and oxygen atoms in total. The van der Waals surface area contributed by atoms with Gasteiger partial charge in [0.15, 0.2) is 0 Å². The smallest absolute Gasteiger partial charge is 0.00161 e. The maximum absolute atomic E-state index is 3.69. The highest BCUT2D eigenvalue weighted by molar-refractivity contribution is 5.15. The Bertz CT molecular complexity index is 380. The first-order chi connectivity index (χ1) is 8.88. The molecule has 0 aromatic heterocycles. The second-order valence-electron chi connectivity index (χ2n) is 5.10. The number of allylic oxidation sites excluding steroid dienone is 2. The highest BCUT2D eigenvalue weighted by Crippen LogP contribution is 2.20. The van der Waals surface area contributed by atoms with Crippen LogP contribution >= 0.6 is 0 Å². The zero-order valence-corrected chi connectivity index (χ0v) is 11.1. The Morgan fingerprint density at radius 2 is 2.11 bits per heavy atom. The van der Waals surface area contributed by atoms with E-state index in [2.05, 4.69) is 47.9 Å². The van der Waals surface area contributed by atoms with Crippen molar-refractivity contribution >= 4 is 0 Å². The lowest BCUT2D eigenvalue weighted by molar-refractivity contribution is 0.330. The van der Waals surface area contributed by atoms with Crippen LogP contribution in [0.25, 0.3) is 0 Å². The quantitative estimate of drug-likeness (QED) is 0.687. The third kappa shape index (κ3) is 4.15. The van der Waals surface area contributed by atoms with Crippen molar-refractivity contribution in [2.75, 3.05) is 19.6 Å². The standard InChI is InChI=1S/C17H23N/c1-2-3-4-8-12-18-13-11-17(15-18)14-16-9-6-5-7-10-16/h2-7,9-10,17H,1,8,11-15H2/b4-3+. The molecule has 0 bridgehead atoms. The Balaban J connectivity index is 1.71. The van der Waals surface area contributed by atoms with Crippen molar-refractivity contribution in [1.82, 2.24) is 4.90 Å². The van der Waals surface area contributed by atoms with Gasteiger partial charge in [0, 0.05) is 13.1 Å². The molecule has 0 radical (unpaired) electrons. The zero-order chi connectivity index (χ0) is 12.6. The molecule has 1 aromatic rings. The summed E-state index contributed by atoms with van der Waals surface area (Å²) in [5, 5.41) is 0. The maximum atomic E-state index is 3.69. The van der Waals surface area contributed by atoms with Gasteiger partial charge >= 0.3 is 0 Å². The number of rotatable bonds is 6. The van der Waals surface area contributed by atoms with Gasteiger partial charge in [-0.1, -0.05) is 55.1 Å². The summed E-state index contributed by atoms with van der Waals surface area (Å²) in [6, 6.07) is 10.9. The maximum Gasteiger partial charge on any atom is 0.00161 e. The second kappa shape index (κ2) is 7.17. The molecular weight excluding hydrogens is 218 g/mol. The minimum atomic E-state index is 0.843. The number of hydrogen-bond donors (Lipinski definition) is 0. The molecule has 0 aliphatic carbocycles. The van der Waals surface area contributed by atoms with E-state index in [1.165, 1.54) is 38.0 Å². The molecule has 96 valence electrons. The van der Waals surface area contributed by atoms with Crippen LogP contribution in [-0.2, 0) is 6.42 Å². The summed E-state index contributed by atoms with van der Waals surface area (Å²) in [4.78, 5) is 2.58. The van der Waals surface area contributed by atoms with Crippen LogP contribution in [-0.4, -0.2) is 24.5 Å². The summed E-state index contributed by atoms with van der Waals surface area (Å²) in [7, 11) is 0. The summed E-state index contributed by atoms with van der Waals surface area (Å²) in [6.45, 7) is 7.40. The van der Waals surface area contributed by atoms with Gasteiger partial charge in [-0.05, 0) is 37.3 Å². The first-order valence-electron chi connectivity index (χ1n) is 6.92. The normalized spacial score (nSPS) is 20.6. The fraction of sp³-hybridized carbons (Fsp3) is 0.412. The molecule has 1 saturated heterocycles. The van der Waals surface area contributed by atoms with Crippen molar-refractivity contribution in [2.24, 2.45) is 5.92 Å². The number of hydrogen-bond acceptors (Lipinski definition) is 1. The molecule has 0 N–H and O–H groups in total. The number of likely N-dealkylation sites (tertiary alicyclic amines) is 1. The van der Waals surface area contributed by atoms with E-state index in [1.807, 2.05) is 12.2 Å². The lowest BCUT2D eigenvalue weighted by Crippen LogP contribution is -2.22. The van der Waals surface area contributed by atoms with Crippen LogP contribution < -0.4 is 0 Å². The van der Waals surface area contributed by atoms with Gasteiger partial charge in [0.05, 0.1) is 0 Å². The highest BCUT2D eigenvalue weighted by Gasteiger charge is 2.21. The van der Waals surface area contributed by atoms with Gasteiger partial charge in [-0.3, -0.25) is 0 Å². The molecular formula is C17H23N. The van der Waals surface area contributed by atoms with E-state index in [9.17, 15) is 0 Å². The largest absolute Gasteiger partial charge is 0.303 e. The average Bonchev–Trinajstić information content (AvgIpc) is 2.84. The van der Waals surface area contributed by atoms with Crippen LogP contribution in [0.1, 0.15) is 18.4 Å². The molecule has 0 amide bonds. The summed E-state index contributed by atoms with van der Waals surface area (Å²) in [5.74, 6) is 0.843. The molecule has 1 aliphatic heterocycles. The van der Waals surface area contributed by atoms with Gasteiger partial charge in [-0.15, -0.1) is 0 Å². The molecule has 0 saturated carbocycles. The highest BCUT2D eigenvalue weighted by atomic mass is 15.1. The fourth-order valence-corrected chi connectivity index (χ4v) is 2.68. The van der Waals surface area contributed by atoms with Crippen LogP contribution in [0.2, 0.25) is 0 Å². The third-order valence-corrected chi connectivity index (χ3v) is 3.62. The Kier molecular flexibility index (Phi) is 5.22. The van der Waals surface area contributed by atoms with Gasteiger partial charge in [0.2, 0.25) is 0 Å². The van der Waals surface area contributed by atoms with Crippen molar-refractivity contribution in [3.8, 4) is 0 Å². The fourth-order valence-electron chi connectivity index (χ4n) is 2.68. The molecule has 2 rings (SSSR count). The van der Waals surface area contributed by atoms with E-state index < -0.39 is 0 Å². The predicted molar refractivity (Wildman–Crippen MR) is 78.6 cm³/mol. The molecule has 1 aliphatic rings. The van der Waals surface area contributed by atoms with Crippen molar-refractivity contribution < 1.29 is 0 Å². The van der Waals surface area contributed by atoms with E-state index in [0.717, 1.165) is 12.3 Å². The third-order valence-electron chi connectivity index (χ3n) is 3.62. The summed E-state index contributed by atoms with van der Waals surface area (Å²) < 4.78 is 0. The summed E-state index contributed by atoms with van der Waals surface area (Å²) in [6.07, 6.45) is 9.82. The van der Waals surface area contributed by atoms with Crippen LogP contribution in [0.4, 0.5) is 0 Å².